The minimum atomic E-state index is -0.0583. The van der Waals surface area contributed by atoms with Crippen molar-refractivity contribution >= 4 is 5.91 Å². The van der Waals surface area contributed by atoms with Crippen molar-refractivity contribution < 1.29 is 19.0 Å². The van der Waals surface area contributed by atoms with Gasteiger partial charge in [-0.2, -0.15) is 0 Å². The molecule has 1 aliphatic carbocycles. The number of amides is 1. The molecule has 1 amide bonds. The summed E-state index contributed by atoms with van der Waals surface area (Å²) in [5.41, 5.74) is 0.566. The van der Waals surface area contributed by atoms with E-state index in [0.717, 1.165) is 12.8 Å². The lowest BCUT2D eigenvalue weighted by atomic mass is 9.97. The van der Waals surface area contributed by atoms with E-state index >= 15 is 0 Å². The second-order valence-electron chi connectivity index (χ2n) is 8.03. The van der Waals surface area contributed by atoms with E-state index < -0.39 is 0 Å². The first-order valence-electron chi connectivity index (χ1n) is 12.1. The summed E-state index contributed by atoms with van der Waals surface area (Å²) in [5, 5.41) is 3.29. The van der Waals surface area contributed by atoms with Gasteiger partial charge in [-0.25, -0.2) is 0 Å². The Bertz CT molecular complexity index is 593. The average Bonchev–Trinajstić information content (AvgIpc) is 2.72. The van der Waals surface area contributed by atoms with Crippen LogP contribution >= 0.6 is 0 Å². The third-order valence-electron chi connectivity index (χ3n) is 5.61. The lowest BCUT2D eigenvalue weighted by Crippen LogP contribution is -2.35. The van der Waals surface area contributed by atoms with Crippen LogP contribution in [-0.2, 0) is 0 Å². The minimum Gasteiger partial charge on any atom is -0.490 e. The molecule has 5 heteroatoms. The summed E-state index contributed by atoms with van der Waals surface area (Å²) >= 11 is 0. The first-order valence-corrected chi connectivity index (χ1v) is 12.1. The van der Waals surface area contributed by atoms with E-state index in [0.29, 0.717) is 42.6 Å². The number of hydrogen-bond donors (Lipinski definition) is 1. The van der Waals surface area contributed by atoms with E-state index in [9.17, 15) is 4.79 Å². The van der Waals surface area contributed by atoms with Gasteiger partial charge in [-0.3, -0.25) is 4.79 Å². The number of ether oxygens (including phenoxy) is 3. The molecule has 0 saturated heterocycles. The zero-order chi connectivity index (χ0) is 21.6. The summed E-state index contributed by atoms with van der Waals surface area (Å²) in [7, 11) is 0. The molecule has 170 valence electrons. The van der Waals surface area contributed by atoms with E-state index in [1.54, 1.807) is 12.1 Å². The van der Waals surface area contributed by atoms with E-state index in [4.69, 9.17) is 14.2 Å². The van der Waals surface area contributed by atoms with Gasteiger partial charge in [-0.1, -0.05) is 57.8 Å². The van der Waals surface area contributed by atoms with Crippen molar-refractivity contribution in [1.29, 1.82) is 0 Å². The zero-order valence-electron chi connectivity index (χ0n) is 19.3. The first-order chi connectivity index (χ1) is 14.7. The van der Waals surface area contributed by atoms with Gasteiger partial charge in [0.05, 0.1) is 19.8 Å². The van der Waals surface area contributed by atoms with Crippen molar-refractivity contribution in [3.63, 3.8) is 0 Å². The van der Waals surface area contributed by atoms with Gasteiger partial charge in [0.1, 0.15) is 0 Å². The van der Waals surface area contributed by atoms with Crippen LogP contribution in [0.2, 0.25) is 0 Å². The van der Waals surface area contributed by atoms with Gasteiger partial charge in [0.2, 0.25) is 5.75 Å². The molecule has 1 aromatic rings. The molecule has 0 unspecified atom stereocenters. The second-order valence-corrected chi connectivity index (χ2v) is 8.03. The van der Waals surface area contributed by atoms with Crippen LogP contribution in [0.1, 0.15) is 102 Å². The van der Waals surface area contributed by atoms with Crippen LogP contribution in [0.4, 0.5) is 0 Å². The number of carbonyl (C=O) groups excluding carboxylic acids is 1. The van der Waals surface area contributed by atoms with Gasteiger partial charge in [0, 0.05) is 11.6 Å². The molecule has 1 fully saturated rings. The third-order valence-corrected chi connectivity index (χ3v) is 5.61. The standard InChI is InChI=1S/C25H41NO4/c1-4-28-22-18-20(19-23(29-5-2)24(22)30-6-3)25(27)26-21-16-14-12-10-8-7-9-11-13-15-17-21/h18-19,21H,4-17H2,1-3H3,(H,26,27). The Balaban J connectivity index is 2.13. The molecule has 0 heterocycles. The molecular formula is C25H41NO4. The molecule has 2 rings (SSSR count). The summed E-state index contributed by atoms with van der Waals surface area (Å²) in [6.07, 6.45) is 13.7. The Morgan fingerprint density at radius 3 is 1.63 bits per heavy atom. The molecule has 30 heavy (non-hydrogen) atoms. The maximum atomic E-state index is 13.1. The van der Waals surface area contributed by atoms with Crippen molar-refractivity contribution in [3.05, 3.63) is 17.7 Å². The first kappa shape index (κ1) is 24.4. The Hall–Kier alpha value is -1.91. The Morgan fingerprint density at radius 2 is 1.20 bits per heavy atom. The summed E-state index contributed by atoms with van der Waals surface area (Å²) in [6.45, 7) is 7.28. The van der Waals surface area contributed by atoms with Crippen molar-refractivity contribution in [2.24, 2.45) is 0 Å². The van der Waals surface area contributed by atoms with E-state index in [-0.39, 0.29) is 11.9 Å². The number of carbonyl (C=O) groups is 1. The fourth-order valence-corrected chi connectivity index (χ4v) is 4.10. The fraction of sp³-hybridized carbons (Fsp3) is 0.720. The summed E-state index contributed by atoms with van der Waals surface area (Å²) < 4.78 is 17.3. The largest absolute Gasteiger partial charge is 0.490 e. The molecule has 5 nitrogen and oxygen atoms in total. The Kier molecular flexibility index (Phi) is 11.5. The van der Waals surface area contributed by atoms with Gasteiger partial charge in [-0.15, -0.1) is 0 Å². The SMILES string of the molecule is CCOc1cc(C(=O)NC2CCCCCCCCCCC2)cc(OCC)c1OCC. The van der Waals surface area contributed by atoms with E-state index in [1.165, 1.54) is 57.8 Å². The molecule has 0 spiro atoms. The Morgan fingerprint density at radius 1 is 0.767 bits per heavy atom. The maximum Gasteiger partial charge on any atom is 0.251 e. The molecule has 0 bridgehead atoms. The van der Waals surface area contributed by atoms with Gasteiger partial charge in [0.15, 0.2) is 11.5 Å². The highest BCUT2D eigenvalue weighted by Gasteiger charge is 2.20. The lowest BCUT2D eigenvalue weighted by Gasteiger charge is -2.21. The number of hydrogen-bond acceptors (Lipinski definition) is 4. The molecule has 1 aliphatic rings. The van der Waals surface area contributed by atoms with Crippen LogP contribution in [0.3, 0.4) is 0 Å². The number of nitrogens with one attached hydrogen (secondary N) is 1. The highest BCUT2D eigenvalue weighted by Crippen LogP contribution is 2.39. The van der Waals surface area contributed by atoms with Gasteiger partial charge >= 0.3 is 0 Å². The maximum absolute atomic E-state index is 13.1. The monoisotopic (exact) mass is 419 g/mol. The third kappa shape index (κ3) is 8.08. The van der Waals surface area contributed by atoms with Crippen LogP contribution in [-0.4, -0.2) is 31.8 Å². The smallest absolute Gasteiger partial charge is 0.251 e. The van der Waals surface area contributed by atoms with Crippen molar-refractivity contribution in [2.45, 2.75) is 97.4 Å². The molecule has 1 saturated carbocycles. The average molecular weight is 420 g/mol. The van der Waals surface area contributed by atoms with Gasteiger partial charge in [0.25, 0.3) is 5.91 Å². The minimum absolute atomic E-state index is 0.0583. The molecule has 1 aromatic carbocycles. The predicted octanol–water partition coefficient (Wildman–Crippen LogP) is 6.29. The molecule has 0 aliphatic heterocycles. The summed E-state index contributed by atoms with van der Waals surface area (Å²) in [4.78, 5) is 13.1. The number of rotatable bonds is 8. The second kappa shape index (κ2) is 14.2. The van der Waals surface area contributed by atoms with Crippen molar-refractivity contribution in [3.8, 4) is 17.2 Å². The van der Waals surface area contributed by atoms with Crippen molar-refractivity contribution in [2.75, 3.05) is 19.8 Å². The fourth-order valence-electron chi connectivity index (χ4n) is 4.10. The highest BCUT2D eigenvalue weighted by atomic mass is 16.5. The van der Waals surface area contributed by atoms with E-state index in [1.807, 2.05) is 20.8 Å². The van der Waals surface area contributed by atoms with Crippen molar-refractivity contribution in [1.82, 2.24) is 5.32 Å². The molecule has 0 atom stereocenters. The van der Waals surface area contributed by atoms with Crippen LogP contribution in [0.25, 0.3) is 0 Å². The van der Waals surface area contributed by atoms with Crippen LogP contribution in [0.15, 0.2) is 12.1 Å². The summed E-state index contributed by atoms with van der Waals surface area (Å²) in [5.74, 6) is 1.64. The van der Waals surface area contributed by atoms with Crippen LogP contribution < -0.4 is 19.5 Å². The summed E-state index contributed by atoms with van der Waals surface area (Å²) in [6, 6.07) is 3.79. The lowest BCUT2D eigenvalue weighted by molar-refractivity contribution is 0.0930. The quantitative estimate of drug-likeness (QED) is 0.538. The number of benzene rings is 1. The van der Waals surface area contributed by atoms with Crippen LogP contribution in [0, 0.1) is 0 Å². The normalized spacial score (nSPS) is 16.8. The highest BCUT2D eigenvalue weighted by molar-refractivity contribution is 5.95. The predicted molar refractivity (Wildman–Crippen MR) is 122 cm³/mol. The Labute approximate surface area is 182 Å². The molecule has 0 radical (unpaired) electrons. The van der Waals surface area contributed by atoms with E-state index in [2.05, 4.69) is 5.32 Å². The topological polar surface area (TPSA) is 56.8 Å². The zero-order valence-corrected chi connectivity index (χ0v) is 19.3. The molecule has 1 N–H and O–H groups in total. The molecule has 0 aromatic heterocycles. The van der Waals surface area contributed by atoms with Gasteiger partial charge in [-0.05, 0) is 45.7 Å². The van der Waals surface area contributed by atoms with Crippen LogP contribution in [0.5, 0.6) is 17.2 Å². The van der Waals surface area contributed by atoms with Gasteiger partial charge < -0.3 is 19.5 Å². The molecular weight excluding hydrogens is 378 g/mol.